The molecule has 2 aliphatic rings. The van der Waals surface area contributed by atoms with Gasteiger partial charge in [-0.3, -0.25) is 4.79 Å². The summed E-state index contributed by atoms with van der Waals surface area (Å²) in [4.78, 5) is 15.2. The standard InChI is InChI=1S/C17H32N2O2/c1-6-16(7-2)13-18(15(3,4)5)14(20)17(19(16)21)11-9-8-10-12-17/h21H,6-13H2,1-5H3. The molecule has 4 heteroatoms. The molecular formula is C17H32N2O2. The molecule has 0 unspecified atom stereocenters. The van der Waals surface area contributed by atoms with Gasteiger partial charge in [0.1, 0.15) is 5.54 Å². The molecule has 1 aliphatic carbocycles. The van der Waals surface area contributed by atoms with Crippen LogP contribution in [0.25, 0.3) is 0 Å². The minimum absolute atomic E-state index is 0.134. The minimum atomic E-state index is -0.685. The highest BCUT2D eigenvalue weighted by molar-refractivity contribution is 5.88. The summed E-state index contributed by atoms with van der Waals surface area (Å²) in [7, 11) is 0. The van der Waals surface area contributed by atoms with Crippen molar-refractivity contribution in [3.05, 3.63) is 0 Å². The van der Waals surface area contributed by atoms with Crippen molar-refractivity contribution in [2.45, 2.75) is 96.2 Å². The van der Waals surface area contributed by atoms with Gasteiger partial charge in [-0.2, -0.15) is 5.06 Å². The second-order valence-electron chi connectivity index (χ2n) is 7.90. The zero-order valence-electron chi connectivity index (χ0n) is 14.4. The Morgan fingerprint density at radius 1 is 1.10 bits per heavy atom. The van der Waals surface area contributed by atoms with Crippen molar-refractivity contribution in [2.24, 2.45) is 0 Å². The molecule has 1 amide bonds. The van der Waals surface area contributed by atoms with E-state index in [1.807, 2.05) is 4.90 Å². The molecule has 122 valence electrons. The molecule has 4 nitrogen and oxygen atoms in total. The summed E-state index contributed by atoms with van der Waals surface area (Å²) in [6, 6.07) is 0. The Balaban J connectivity index is 2.49. The Morgan fingerprint density at radius 3 is 2.05 bits per heavy atom. The predicted molar refractivity (Wildman–Crippen MR) is 84.2 cm³/mol. The smallest absolute Gasteiger partial charge is 0.245 e. The fourth-order valence-corrected chi connectivity index (χ4v) is 4.11. The zero-order valence-corrected chi connectivity index (χ0v) is 14.4. The maximum absolute atomic E-state index is 13.2. The molecule has 1 spiro atoms. The van der Waals surface area contributed by atoms with Gasteiger partial charge in [0.2, 0.25) is 5.91 Å². The van der Waals surface area contributed by atoms with Crippen molar-refractivity contribution < 1.29 is 10.0 Å². The van der Waals surface area contributed by atoms with Crippen molar-refractivity contribution in [1.29, 1.82) is 0 Å². The van der Waals surface area contributed by atoms with E-state index < -0.39 is 5.54 Å². The summed E-state index contributed by atoms with van der Waals surface area (Å²) in [6.07, 6.45) is 6.54. The second kappa shape index (κ2) is 5.54. The molecule has 0 bridgehead atoms. The Bertz CT molecular complexity index is 390. The molecule has 1 aliphatic heterocycles. The molecule has 0 atom stereocenters. The fraction of sp³-hybridized carbons (Fsp3) is 0.941. The normalized spacial score (nSPS) is 26.4. The third-order valence-corrected chi connectivity index (χ3v) is 5.76. The molecule has 0 aromatic heterocycles. The summed E-state index contributed by atoms with van der Waals surface area (Å²) >= 11 is 0. The van der Waals surface area contributed by atoms with Crippen LogP contribution in [0.4, 0.5) is 0 Å². The lowest BCUT2D eigenvalue weighted by Gasteiger charge is -2.60. The van der Waals surface area contributed by atoms with Crippen LogP contribution in [0.3, 0.4) is 0 Å². The molecule has 1 heterocycles. The van der Waals surface area contributed by atoms with Gasteiger partial charge in [-0.25, -0.2) is 0 Å². The van der Waals surface area contributed by atoms with Gasteiger partial charge in [0.05, 0.1) is 5.54 Å². The first-order chi connectivity index (χ1) is 9.73. The maximum Gasteiger partial charge on any atom is 0.245 e. The van der Waals surface area contributed by atoms with E-state index >= 15 is 0 Å². The van der Waals surface area contributed by atoms with Gasteiger partial charge in [0, 0.05) is 12.1 Å². The van der Waals surface area contributed by atoms with Crippen LogP contribution >= 0.6 is 0 Å². The van der Waals surface area contributed by atoms with Crippen LogP contribution in [0.15, 0.2) is 0 Å². The number of carbonyl (C=O) groups excluding carboxylic acids is 1. The van der Waals surface area contributed by atoms with E-state index in [0.717, 1.165) is 38.5 Å². The van der Waals surface area contributed by atoms with Crippen molar-refractivity contribution in [1.82, 2.24) is 9.96 Å². The summed E-state index contributed by atoms with van der Waals surface area (Å²) < 4.78 is 0. The minimum Gasteiger partial charge on any atom is -0.334 e. The first-order valence-electron chi connectivity index (χ1n) is 8.55. The Hall–Kier alpha value is -0.610. The Morgan fingerprint density at radius 2 is 1.62 bits per heavy atom. The third-order valence-electron chi connectivity index (χ3n) is 5.76. The number of nitrogens with zero attached hydrogens (tertiary/aromatic N) is 2. The Labute approximate surface area is 129 Å². The van der Waals surface area contributed by atoms with Gasteiger partial charge in [-0.1, -0.05) is 33.1 Å². The molecule has 1 saturated heterocycles. The van der Waals surface area contributed by atoms with E-state index in [1.165, 1.54) is 11.5 Å². The average molecular weight is 296 g/mol. The summed E-state index contributed by atoms with van der Waals surface area (Å²) in [5, 5.41) is 12.5. The van der Waals surface area contributed by atoms with Gasteiger partial charge in [0.15, 0.2) is 0 Å². The van der Waals surface area contributed by atoms with Crippen LogP contribution in [0, 0.1) is 0 Å². The summed E-state index contributed by atoms with van der Waals surface area (Å²) in [5.74, 6) is 0.134. The summed E-state index contributed by atoms with van der Waals surface area (Å²) in [5.41, 5.74) is -1.19. The lowest BCUT2D eigenvalue weighted by atomic mass is 9.73. The van der Waals surface area contributed by atoms with Crippen molar-refractivity contribution in [3.63, 3.8) is 0 Å². The topological polar surface area (TPSA) is 43.8 Å². The molecule has 0 aromatic rings. The molecule has 1 N–H and O–H groups in total. The number of hydrogen-bond acceptors (Lipinski definition) is 3. The lowest BCUT2D eigenvalue weighted by Crippen LogP contribution is -2.76. The number of amides is 1. The quantitative estimate of drug-likeness (QED) is 0.847. The van der Waals surface area contributed by atoms with Gasteiger partial charge in [0.25, 0.3) is 0 Å². The second-order valence-corrected chi connectivity index (χ2v) is 7.90. The number of carbonyl (C=O) groups is 1. The molecule has 2 rings (SSSR count). The van der Waals surface area contributed by atoms with Crippen LogP contribution in [-0.4, -0.2) is 44.2 Å². The molecule has 21 heavy (non-hydrogen) atoms. The van der Waals surface area contributed by atoms with E-state index in [0.29, 0.717) is 6.54 Å². The first-order valence-corrected chi connectivity index (χ1v) is 8.55. The van der Waals surface area contributed by atoms with Crippen molar-refractivity contribution in [3.8, 4) is 0 Å². The van der Waals surface area contributed by atoms with Crippen LogP contribution in [0.5, 0.6) is 0 Å². The Kier molecular flexibility index (Phi) is 4.42. The first kappa shape index (κ1) is 16.8. The molecular weight excluding hydrogens is 264 g/mol. The van der Waals surface area contributed by atoms with Gasteiger partial charge < -0.3 is 10.1 Å². The number of hydrogen-bond donors (Lipinski definition) is 1. The van der Waals surface area contributed by atoms with E-state index in [2.05, 4.69) is 34.6 Å². The SMILES string of the molecule is CCC1(CC)CN(C(C)(C)C)C(=O)C2(CCCCC2)N1O. The average Bonchev–Trinajstić information content (AvgIpc) is 2.46. The molecule has 2 fully saturated rings. The lowest BCUT2D eigenvalue weighted by molar-refractivity contribution is -0.276. The molecule has 1 saturated carbocycles. The highest BCUT2D eigenvalue weighted by Gasteiger charge is 2.59. The number of hydroxylamine groups is 2. The zero-order chi connectivity index (χ0) is 15.9. The van der Waals surface area contributed by atoms with Crippen molar-refractivity contribution in [2.75, 3.05) is 6.54 Å². The largest absolute Gasteiger partial charge is 0.334 e. The number of rotatable bonds is 2. The van der Waals surface area contributed by atoms with E-state index in [-0.39, 0.29) is 17.0 Å². The summed E-state index contributed by atoms with van der Waals surface area (Å²) in [6.45, 7) is 11.2. The third kappa shape index (κ3) is 2.50. The van der Waals surface area contributed by atoms with Crippen LogP contribution < -0.4 is 0 Å². The van der Waals surface area contributed by atoms with Crippen molar-refractivity contribution >= 4 is 5.91 Å². The molecule has 0 radical (unpaired) electrons. The fourth-order valence-electron chi connectivity index (χ4n) is 4.11. The monoisotopic (exact) mass is 296 g/mol. The van der Waals surface area contributed by atoms with Gasteiger partial charge in [-0.15, -0.1) is 0 Å². The van der Waals surface area contributed by atoms with Crippen LogP contribution in [0.1, 0.15) is 79.6 Å². The highest BCUT2D eigenvalue weighted by atomic mass is 16.5. The highest BCUT2D eigenvalue weighted by Crippen LogP contribution is 2.45. The predicted octanol–water partition coefficient (Wildman–Crippen LogP) is 3.58. The van der Waals surface area contributed by atoms with Crippen LogP contribution in [0.2, 0.25) is 0 Å². The van der Waals surface area contributed by atoms with Gasteiger partial charge >= 0.3 is 0 Å². The maximum atomic E-state index is 13.2. The number of piperazine rings is 1. The van der Waals surface area contributed by atoms with E-state index in [1.54, 1.807) is 0 Å². The molecule has 0 aromatic carbocycles. The van der Waals surface area contributed by atoms with E-state index in [9.17, 15) is 10.0 Å². The van der Waals surface area contributed by atoms with E-state index in [4.69, 9.17) is 0 Å². The van der Waals surface area contributed by atoms with Gasteiger partial charge in [-0.05, 0) is 46.5 Å². The van der Waals surface area contributed by atoms with Crippen LogP contribution in [-0.2, 0) is 4.79 Å².